The Balaban J connectivity index is 2.17. The average Bonchev–Trinajstić information content (AvgIpc) is 2.68. The van der Waals surface area contributed by atoms with Crippen molar-refractivity contribution in [1.29, 1.82) is 0 Å². The van der Waals surface area contributed by atoms with Crippen LogP contribution in [0.3, 0.4) is 0 Å². The summed E-state index contributed by atoms with van der Waals surface area (Å²) in [6.45, 7) is 0. The van der Waals surface area contributed by atoms with Crippen LogP contribution in [0, 0.1) is 11.6 Å². The number of aromatic nitrogens is 1. The summed E-state index contributed by atoms with van der Waals surface area (Å²) in [5.41, 5.74) is 8.04. The standard InChI is InChI=1S/C11H10F2N2S/c12-8-1-7(2-9(13)3-8)11(14)4-10-5-15-6-16-10/h1-3,5-6,11H,4,14H2. The van der Waals surface area contributed by atoms with E-state index in [9.17, 15) is 8.78 Å². The van der Waals surface area contributed by atoms with Crippen molar-refractivity contribution in [3.8, 4) is 0 Å². The van der Waals surface area contributed by atoms with E-state index in [4.69, 9.17) is 5.73 Å². The molecular formula is C11H10F2N2S. The van der Waals surface area contributed by atoms with Gasteiger partial charge < -0.3 is 5.73 Å². The van der Waals surface area contributed by atoms with E-state index in [0.29, 0.717) is 12.0 Å². The molecule has 5 heteroatoms. The van der Waals surface area contributed by atoms with Gasteiger partial charge in [-0.15, -0.1) is 11.3 Å². The van der Waals surface area contributed by atoms with Crippen LogP contribution in [-0.2, 0) is 6.42 Å². The van der Waals surface area contributed by atoms with Gasteiger partial charge in [-0.3, -0.25) is 4.98 Å². The summed E-state index contributed by atoms with van der Waals surface area (Å²) in [5, 5.41) is 0. The Hall–Kier alpha value is -1.33. The fourth-order valence-corrected chi connectivity index (χ4v) is 2.12. The molecule has 1 unspecified atom stereocenters. The third-order valence-electron chi connectivity index (χ3n) is 2.22. The van der Waals surface area contributed by atoms with Gasteiger partial charge in [-0.1, -0.05) is 0 Å². The number of rotatable bonds is 3. The van der Waals surface area contributed by atoms with E-state index in [1.807, 2.05) is 0 Å². The van der Waals surface area contributed by atoms with Crippen LogP contribution in [0.1, 0.15) is 16.5 Å². The molecule has 84 valence electrons. The summed E-state index contributed by atoms with van der Waals surface area (Å²) in [6.07, 6.45) is 2.24. The Labute approximate surface area is 95.7 Å². The van der Waals surface area contributed by atoms with E-state index in [1.165, 1.54) is 23.5 Å². The number of hydrogen-bond donors (Lipinski definition) is 1. The van der Waals surface area contributed by atoms with Crippen LogP contribution in [0.5, 0.6) is 0 Å². The lowest BCUT2D eigenvalue weighted by Gasteiger charge is -2.10. The summed E-state index contributed by atoms with van der Waals surface area (Å²) >= 11 is 1.48. The molecule has 0 fully saturated rings. The minimum atomic E-state index is -0.602. The summed E-state index contributed by atoms with van der Waals surface area (Å²) in [7, 11) is 0. The Kier molecular flexibility index (Phi) is 3.26. The second-order valence-corrected chi connectivity index (χ2v) is 4.45. The monoisotopic (exact) mass is 240 g/mol. The lowest BCUT2D eigenvalue weighted by molar-refractivity contribution is 0.573. The minimum absolute atomic E-state index is 0.411. The highest BCUT2D eigenvalue weighted by molar-refractivity contribution is 7.09. The first kappa shape index (κ1) is 11.2. The van der Waals surface area contributed by atoms with Crippen LogP contribution in [0.15, 0.2) is 29.9 Å². The maximum absolute atomic E-state index is 13.0. The molecule has 2 nitrogen and oxygen atoms in total. The lowest BCUT2D eigenvalue weighted by Crippen LogP contribution is -2.13. The number of benzene rings is 1. The van der Waals surface area contributed by atoms with Gasteiger partial charge in [0.2, 0.25) is 0 Å². The maximum atomic E-state index is 13.0. The number of nitrogens with two attached hydrogens (primary N) is 1. The average molecular weight is 240 g/mol. The van der Waals surface area contributed by atoms with Gasteiger partial charge in [0, 0.05) is 29.6 Å². The van der Waals surface area contributed by atoms with Crippen LogP contribution >= 0.6 is 11.3 Å². The second kappa shape index (κ2) is 4.67. The number of thiazole rings is 1. The molecule has 2 rings (SSSR count). The van der Waals surface area contributed by atoms with E-state index in [0.717, 1.165) is 10.9 Å². The molecule has 0 radical (unpaired) electrons. The van der Waals surface area contributed by atoms with Crippen molar-refractivity contribution in [2.75, 3.05) is 0 Å². The van der Waals surface area contributed by atoms with Crippen molar-refractivity contribution in [2.45, 2.75) is 12.5 Å². The third-order valence-corrected chi connectivity index (χ3v) is 3.02. The predicted molar refractivity (Wildman–Crippen MR) is 59.1 cm³/mol. The zero-order valence-electron chi connectivity index (χ0n) is 8.36. The van der Waals surface area contributed by atoms with Gasteiger partial charge in [0.25, 0.3) is 0 Å². The quantitative estimate of drug-likeness (QED) is 0.895. The van der Waals surface area contributed by atoms with Gasteiger partial charge >= 0.3 is 0 Å². The first-order valence-electron chi connectivity index (χ1n) is 4.74. The molecule has 0 saturated carbocycles. The molecule has 0 saturated heterocycles. The molecule has 16 heavy (non-hydrogen) atoms. The van der Waals surface area contributed by atoms with E-state index < -0.39 is 17.7 Å². The van der Waals surface area contributed by atoms with Gasteiger partial charge in [-0.05, 0) is 17.7 Å². The molecule has 0 amide bonds. The highest BCUT2D eigenvalue weighted by Crippen LogP contribution is 2.20. The topological polar surface area (TPSA) is 38.9 Å². The van der Waals surface area contributed by atoms with Crippen LogP contribution in [0.25, 0.3) is 0 Å². The minimum Gasteiger partial charge on any atom is -0.324 e. The number of nitrogens with zero attached hydrogens (tertiary/aromatic N) is 1. The maximum Gasteiger partial charge on any atom is 0.126 e. The van der Waals surface area contributed by atoms with E-state index in [1.54, 1.807) is 11.7 Å². The molecule has 1 heterocycles. The Morgan fingerprint density at radius 3 is 2.50 bits per heavy atom. The van der Waals surface area contributed by atoms with Crippen molar-refractivity contribution in [3.63, 3.8) is 0 Å². The Bertz CT molecular complexity index is 451. The molecule has 0 bridgehead atoms. The number of halogens is 2. The van der Waals surface area contributed by atoms with Crippen LogP contribution in [0.2, 0.25) is 0 Å². The van der Waals surface area contributed by atoms with Crippen LogP contribution in [-0.4, -0.2) is 4.98 Å². The summed E-state index contributed by atoms with van der Waals surface area (Å²) in [5.74, 6) is -1.20. The second-order valence-electron chi connectivity index (χ2n) is 3.48. The molecule has 2 aromatic rings. The first-order valence-corrected chi connectivity index (χ1v) is 5.62. The van der Waals surface area contributed by atoms with Crippen molar-refractivity contribution in [1.82, 2.24) is 4.98 Å². The van der Waals surface area contributed by atoms with Crippen molar-refractivity contribution in [3.05, 3.63) is 52.0 Å². The molecular weight excluding hydrogens is 230 g/mol. The van der Waals surface area contributed by atoms with Crippen molar-refractivity contribution < 1.29 is 8.78 Å². The van der Waals surface area contributed by atoms with E-state index in [2.05, 4.69) is 4.98 Å². The molecule has 0 aliphatic heterocycles. The van der Waals surface area contributed by atoms with Crippen LogP contribution in [0.4, 0.5) is 8.78 Å². The van der Waals surface area contributed by atoms with E-state index in [-0.39, 0.29) is 0 Å². The Morgan fingerprint density at radius 2 is 1.94 bits per heavy atom. The highest BCUT2D eigenvalue weighted by Gasteiger charge is 2.10. The van der Waals surface area contributed by atoms with Crippen LogP contribution < -0.4 is 5.73 Å². The van der Waals surface area contributed by atoms with Crippen molar-refractivity contribution in [2.24, 2.45) is 5.73 Å². The fraction of sp³-hybridized carbons (Fsp3) is 0.182. The third kappa shape index (κ3) is 2.62. The molecule has 1 aromatic carbocycles. The number of hydrogen-bond acceptors (Lipinski definition) is 3. The molecule has 2 N–H and O–H groups in total. The smallest absolute Gasteiger partial charge is 0.126 e. The summed E-state index contributed by atoms with van der Waals surface area (Å²) in [6, 6.07) is 2.94. The zero-order valence-corrected chi connectivity index (χ0v) is 9.18. The summed E-state index contributed by atoms with van der Waals surface area (Å²) < 4.78 is 25.9. The van der Waals surface area contributed by atoms with Gasteiger partial charge in [0.05, 0.1) is 5.51 Å². The molecule has 1 atom stereocenters. The van der Waals surface area contributed by atoms with Gasteiger partial charge in [0.1, 0.15) is 11.6 Å². The predicted octanol–water partition coefficient (Wildman–Crippen LogP) is 2.66. The molecule has 0 aliphatic carbocycles. The van der Waals surface area contributed by atoms with Gasteiger partial charge in [0.15, 0.2) is 0 Å². The molecule has 0 aliphatic rings. The lowest BCUT2D eigenvalue weighted by atomic mass is 10.0. The zero-order chi connectivity index (χ0) is 11.5. The van der Waals surface area contributed by atoms with Crippen molar-refractivity contribution >= 4 is 11.3 Å². The highest BCUT2D eigenvalue weighted by atomic mass is 32.1. The largest absolute Gasteiger partial charge is 0.324 e. The SMILES string of the molecule is NC(Cc1cncs1)c1cc(F)cc(F)c1. The molecule has 0 spiro atoms. The van der Waals surface area contributed by atoms with Gasteiger partial charge in [-0.2, -0.15) is 0 Å². The van der Waals surface area contributed by atoms with Gasteiger partial charge in [-0.25, -0.2) is 8.78 Å². The Morgan fingerprint density at radius 1 is 1.25 bits per heavy atom. The molecule has 1 aromatic heterocycles. The summed E-state index contributed by atoms with van der Waals surface area (Å²) in [4.78, 5) is 4.92. The first-order chi connectivity index (χ1) is 7.65. The van der Waals surface area contributed by atoms with E-state index >= 15 is 0 Å². The normalized spacial score (nSPS) is 12.7. The fourth-order valence-electron chi connectivity index (χ4n) is 1.47.